The molecule has 0 radical (unpaired) electrons. The van der Waals surface area contributed by atoms with Gasteiger partial charge in [0.05, 0.1) is 5.54 Å². The van der Waals surface area contributed by atoms with Crippen molar-refractivity contribution >= 4 is 21.8 Å². The Labute approximate surface area is 116 Å². The first-order valence-electron chi connectivity index (χ1n) is 6.34. The van der Waals surface area contributed by atoms with Gasteiger partial charge < -0.3 is 10.6 Å². The van der Waals surface area contributed by atoms with Gasteiger partial charge in [0, 0.05) is 23.1 Å². The van der Waals surface area contributed by atoms with Crippen LogP contribution in [0.15, 0.2) is 28.7 Å². The van der Waals surface area contributed by atoms with E-state index in [-0.39, 0.29) is 11.4 Å². The summed E-state index contributed by atoms with van der Waals surface area (Å²) in [5.74, 6) is 0.0870. The molecule has 98 valence electrons. The van der Waals surface area contributed by atoms with Crippen molar-refractivity contribution in [3.63, 3.8) is 0 Å². The van der Waals surface area contributed by atoms with Gasteiger partial charge in [0.25, 0.3) is 5.91 Å². The van der Waals surface area contributed by atoms with Crippen molar-refractivity contribution in [1.82, 2.24) is 4.90 Å². The first kappa shape index (κ1) is 13.6. The third-order valence-electron chi connectivity index (χ3n) is 3.76. The molecular weight excluding hydrogens is 292 g/mol. The van der Waals surface area contributed by atoms with Crippen molar-refractivity contribution < 1.29 is 4.79 Å². The predicted molar refractivity (Wildman–Crippen MR) is 76.5 cm³/mol. The second-order valence-electron chi connectivity index (χ2n) is 5.13. The monoisotopic (exact) mass is 310 g/mol. The molecule has 0 bridgehead atoms. The molecule has 1 aromatic rings. The average Bonchev–Trinajstić information content (AvgIpc) is 2.38. The molecule has 0 aliphatic carbocycles. The van der Waals surface area contributed by atoms with Crippen LogP contribution < -0.4 is 5.73 Å². The maximum Gasteiger partial charge on any atom is 0.254 e. The second kappa shape index (κ2) is 5.41. The van der Waals surface area contributed by atoms with Crippen LogP contribution in [0.3, 0.4) is 0 Å². The topological polar surface area (TPSA) is 46.3 Å². The van der Waals surface area contributed by atoms with Gasteiger partial charge in [-0.2, -0.15) is 0 Å². The quantitative estimate of drug-likeness (QED) is 0.913. The van der Waals surface area contributed by atoms with E-state index in [1.54, 1.807) is 0 Å². The van der Waals surface area contributed by atoms with Crippen LogP contribution >= 0.6 is 15.9 Å². The second-order valence-corrected chi connectivity index (χ2v) is 6.04. The number of benzene rings is 1. The summed E-state index contributed by atoms with van der Waals surface area (Å²) >= 11 is 3.40. The molecule has 2 N–H and O–H groups in total. The molecule has 0 spiro atoms. The van der Waals surface area contributed by atoms with Crippen LogP contribution in [-0.4, -0.2) is 29.4 Å². The molecule has 1 amide bonds. The Hall–Kier alpha value is -0.870. The van der Waals surface area contributed by atoms with Gasteiger partial charge in [-0.15, -0.1) is 0 Å². The first-order valence-corrected chi connectivity index (χ1v) is 7.14. The summed E-state index contributed by atoms with van der Waals surface area (Å²) in [5, 5.41) is 0. The van der Waals surface area contributed by atoms with E-state index < -0.39 is 0 Å². The summed E-state index contributed by atoms with van der Waals surface area (Å²) < 4.78 is 0.930. The maximum absolute atomic E-state index is 12.6. The molecule has 1 saturated heterocycles. The van der Waals surface area contributed by atoms with Crippen molar-refractivity contribution in [1.29, 1.82) is 0 Å². The van der Waals surface area contributed by atoms with Crippen LogP contribution in [0.2, 0.25) is 0 Å². The van der Waals surface area contributed by atoms with E-state index in [0.717, 1.165) is 35.8 Å². The van der Waals surface area contributed by atoms with Gasteiger partial charge in [0.15, 0.2) is 0 Å². The standard InChI is InChI=1S/C14H19BrN2O/c1-14(10-16)7-2-3-8-17(14)13(18)11-5-4-6-12(15)9-11/h4-6,9H,2-3,7-8,10,16H2,1H3. The molecule has 1 aromatic carbocycles. The van der Waals surface area contributed by atoms with Crippen LogP contribution in [0.1, 0.15) is 36.5 Å². The Morgan fingerprint density at radius 1 is 1.50 bits per heavy atom. The molecule has 1 aliphatic heterocycles. The number of carbonyl (C=O) groups is 1. The minimum atomic E-state index is -0.197. The van der Waals surface area contributed by atoms with E-state index in [1.165, 1.54) is 0 Å². The van der Waals surface area contributed by atoms with Crippen molar-refractivity contribution in [2.45, 2.75) is 31.7 Å². The van der Waals surface area contributed by atoms with Gasteiger partial charge in [0.1, 0.15) is 0 Å². The highest BCUT2D eigenvalue weighted by Gasteiger charge is 2.36. The predicted octanol–water partition coefficient (Wildman–Crippen LogP) is 2.79. The van der Waals surface area contributed by atoms with Gasteiger partial charge in [-0.05, 0) is 44.4 Å². The Balaban J connectivity index is 2.26. The van der Waals surface area contributed by atoms with E-state index >= 15 is 0 Å². The number of halogens is 1. The zero-order valence-corrected chi connectivity index (χ0v) is 12.2. The van der Waals surface area contributed by atoms with Crippen LogP contribution in [-0.2, 0) is 0 Å². The molecule has 1 heterocycles. The van der Waals surface area contributed by atoms with Crippen molar-refractivity contribution in [3.05, 3.63) is 34.3 Å². The molecule has 4 heteroatoms. The normalized spacial score (nSPS) is 24.1. The number of hydrogen-bond donors (Lipinski definition) is 1. The Kier molecular flexibility index (Phi) is 4.07. The fourth-order valence-corrected chi connectivity index (χ4v) is 2.92. The summed E-state index contributed by atoms with van der Waals surface area (Å²) in [6.07, 6.45) is 3.20. The van der Waals surface area contributed by atoms with Crippen LogP contribution in [0.5, 0.6) is 0 Å². The molecule has 18 heavy (non-hydrogen) atoms. The zero-order chi connectivity index (χ0) is 13.2. The molecule has 3 nitrogen and oxygen atoms in total. The number of hydrogen-bond acceptors (Lipinski definition) is 2. The number of nitrogens with zero attached hydrogens (tertiary/aromatic N) is 1. The molecule has 1 unspecified atom stereocenters. The Morgan fingerprint density at radius 3 is 2.94 bits per heavy atom. The number of carbonyl (C=O) groups excluding carboxylic acids is 1. The molecule has 1 fully saturated rings. The van der Waals surface area contributed by atoms with E-state index in [1.807, 2.05) is 29.2 Å². The molecule has 1 atom stereocenters. The van der Waals surface area contributed by atoms with Crippen LogP contribution in [0, 0.1) is 0 Å². The van der Waals surface area contributed by atoms with E-state index in [4.69, 9.17) is 5.73 Å². The summed E-state index contributed by atoms with van der Waals surface area (Å²) in [4.78, 5) is 14.5. The number of rotatable bonds is 2. The average molecular weight is 311 g/mol. The Bertz CT molecular complexity index is 449. The van der Waals surface area contributed by atoms with Crippen molar-refractivity contribution in [2.24, 2.45) is 5.73 Å². The lowest BCUT2D eigenvalue weighted by Crippen LogP contribution is -2.56. The van der Waals surface area contributed by atoms with Gasteiger partial charge >= 0.3 is 0 Å². The van der Waals surface area contributed by atoms with E-state index in [9.17, 15) is 4.79 Å². The largest absolute Gasteiger partial charge is 0.332 e. The summed E-state index contributed by atoms with van der Waals surface area (Å²) in [5.41, 5.74) is 6.40. The van der Waals surface area contributed by atoms with Gasteiger partial charge in [-0.1, -0.05) is 22.0 Å². The molecule has 0 aromatic heterocycles. The highest BCUT2D eigenvalue weighted by atomic mass is 79.9. The molecular formula is C14H19BrN2O. The van der Waals surface area contributed by atoms with Crippen LogP contribution in [0.4, 0.5) is 0 Å². The summed E-state index contributed by atoms with van der Waals surface area (Å²) in [7, 11) is 0. The lowest BCUT2D eigenvalue weighted by atomic mass is 9.88. The number of likely N-dealkylation sites (tertiary alicyclic amines) is 1. The summed E-state index contributed by atoms with van der Waals surface area (Å²) in [6.45, 7) is 3.41. The number of amides is 1. The Morgan fingerprint density at radius 2 is 2.28 bits per heavy atom. The van der Waals surface area contributed by atoms with Crippen molar-refractivity contribution in [2.75, 3.05) is 13.1 Å². The highest BCUT2D eigenvalue weighted by molar-refractivity contribution is 9.10. The van der Waals surface area contributed by atoms with Crippen LogP contribution in [0.25, 0.3) is 0 Å². The minimum Gasteiger partial charge on any atom is -0.332 e. The maximum atomic E-state index is 12.6. The number of nitrogens with two attached hydrogens (primary N) is 1. The van der Waals surface area contributed by atoms with E-state index in [0.29, 0.717) is 6.54 Å². The van der Waals surface area contributed by atoms with E-state index in [2.05, 4.69) is 22.9 Å². The zero-order valence-electron chi connectivity index (χ0n) is 10.7. The molecule has 1 aliphatic rings. The SMILES string of the molecule is CC1(CN)CCCCN1C(=O)c1cccc(Br)c1. The smallest absolute Gasteiger partial charge is 0.254 e. The lowest BCUT2D eigenvalue weighted by Gasteiger charge is -2.44. The first-order chi connectivity index (χ1) is 8.57. The fraction of sp³-hybridized carbons (Fsp3) is 0.500. The third kappa shape index (κ3) is 2.59. The minimum absolute atomic E-state index is 0.0870. The highest BCUT2D eigenvalue weighted by Crippen LogP contribution is 2.28. The third-order valence-corrected chi connectivity index (χ3v) is 4.25. The summed E-state index contributed by atoms with van der Waals surface area (Å²) in [6, 6.07) is 7.54. The lowest BCUT2D eigenvalue weighted by molar-refractivity contribution is 0.0403. The van der Waals surface area contributed by atoms with Gasteiger partial charge in [0.2, 0.25) is 0 Å². The van der Waals surface area contributed by atoms with Gasteiger partial charge in [-0.3, -0.25) is 4.79 Å². The molecule has 0 saturated carbocycles. The van der Waals surface area contributed by atoms with Crippen molar-refractivity contribution in [3.8, 4) is 0 Å². The number of piperidine rings is 1. The van der Waals surface area contributed by atoms with Gasteiger partial charge in [-0.25, -0.2) is 0 Å². The fourth-order valence-electron chi connectivity index (χ4n) is 2.52. The molecule has 2 rings (SSSR count).